The zero-order valence-electron chi connectivity index (χ0n) is 11.1. The molecular formula is C13H20N2O2. The first kappa shape index (κ1) is 13.4. The molecule has 1 aromatic rings. The third-order valence-electron chi connectivity index (χ3n) is 3.12. The van der Waals surface area contributed by atoms with Gasteiger partial charge in [0.15, 0.2) is 0 Å². The molecule has 0 radical (unpaired) electrons. The van der Waals surface area contributed by atoms with Crippen LogP contribution in [0.15, 0.2) is 6.07 Å². The Morgan fingerprint density at radius 2 is 1.94 bits per heavy atom. The second kappa shape index (κ2) is 5.08. The molecule has 0 spiro atoms. The summed E-state index contributed by atoms with van der Waals surface area (Å²) in [5.41, 5.74) is 9.65. The molecule has 0 heterocycles. The van der Waals surface area contributed by atoms with E-state index >= 15 is 0 Å². The molecule has 4 heteroatoms. The number of nitrogens with two attached hydrogens (primary N) is 1. The molecule has 0 atom stereocenters. The van der Waals surface area contributed by atoms with Gasteiger partial charge in [-0.1, -0.05) is 6.07 Å². The number of nitrogens with zero attached hydrogens (tertiary/aromatic N) is 1. The van der Waals surface area contributed by atoms with Crippen LogP contribution < -0.4 is 10.5 Å². The van der Waals surface area contributed by atoms with Crippen LogP contribution in [0, 0.1) is 20.8 Å². The van der Waals surface area contributed by atoms with E-state index < -0.39 is 6.03 Å². The second-order valence-electron chi connectivity index (χ2n) is 4.33. The number of carbonyl (C=O) groups excluding carboxylic acids is 1. The summed E-state index contributed by atoms with van der Waals surface area (Å²) in [6.07, 6.45) is 0. The quantitative estimate of drug-likeness (QED) is 0.874. The molecule has 0 aliphatic carbocycles. The number of hydrogen-bond acceptors (Lipinski definition) is 2. The van der Waals surface area contributed by atoms with Crippen molar-refractivity contribution in [1.29, 1.82) is 0 Å². The van der Waals surface area contributed by atoms with Gasteiger partial charge in [-0.15, -0.1) is 0 Å². The SMILES string of the molecule is COc1c(C)cc(CN(C)C(N)=O)c(C)c1C. The normalized spacial score (nSPS) is 10.2. The Bertz CT molecular complexity index is 442. The van der Waals surface area contributed by atoms with E-state index in [1.54, 1.807) is 14.2 Å². The first-order valence-electron chi connectivity index (χ1n) is 5.52. The van der Waals surface area contributed by atoms with Gasteiger partial charge in [0, 0.05) is 13.6 Å². The fraction of sp³-hybridized carbons (Fsp3) is 0.462. The van der Waals surface area contributed by atoms with Gasteiger partial charge < -0.3 is 15.4 Å². The third kappa shape index (κ3) is 2.70. The van der Waals surface area contributed by atoms with Crippen molar-refractivity contribution in [2.75, 3.05) is 14.2 Å². The minimum atomic E-state index is -0.421. The van der Waals surface area contributed by atoms with E-state index in [4.69, 9.17) is 10.5 Å². The van der Waals surface area contributed by atoms with Crippen molar-refractivity contribution in [3.05, 3.63) is 28.3 Å². The highest BCUT2D eigenvalue weighted by Gasteiger charge is 2.13. The van der Waals surface area contributed by atoms with Gasteiger partial charge in [0.2, 0.25) is 0 Å². The lowest BCUT2D eigenvalue weighted by molar-refractivity contribution is 0.216. The Morgan fingerprint density at radius 3 is 2.41 bits per heavy atom. The number of urea groups is 1. The van der Waals surface area contributed by atoms with Crippen LogP contribution in [-0.2, 0) is 6.54 Å². The number of methoxy groups -OCH3 is 1. The van der Waals surface area contributed by atoms with Crippen LogP contribution in [0.3, 0.4) is 0 Å². The van der Waals surface area contributed by atoms with Crippen molar-refractivity contribution < 1.29 is 9.53 Å². The molecule has 0 saturated carbocycles. The van der Waals surface area contributed by atoms with Gasteiger partial charge in [0.1, 0.15) is 5.75 Å². The van der Waals surface area contributed by atoms with Gasteiger partial charge in [0.05, 0.1) is 7.11 Å². The molecule has 1 aromatic carbocycles. The summed E-state index contributed by atoms with van der Waals surface area (Å²) in [6.45, 7) is 6.57. The number of rotatable bonds is 3. The summed E-state index contributed by atoms with van der Waals surface area (Å²) in [6, 6.07) is 1.62. The van der Waals surface area contributed by atoms with Crippen LogP contribution in [0.1, 0.15) is 22.3 Å². The summed E-state index contributed by atoms with van der Waals surface area (Å²) in [5, 5.41) is 0. The van der Waals surface area contributed by atoms with Crippen molar-refractivity contribution in [1.82, 2.24) is 4.90 Å². The molecule has 0 aliphatic rings. The van der Waals surface area contributed by atoms with Crippen molar-refractivity contribution in [3.63, 3.8) is 0 Å². The molecule has 0 aliphatic heterocycles. The predicted octanol–water partition coefficient (Wildman–Crippen LogP) is 2.13. The smallest absolute Gasteiger partial charge is 0.314 e. The highest BCUT2D eigenvalue weighted by atomic mass is 16.5. The summed E-state index contributed by atoms with van der Waals surface area (Å²) in [4.78, 5) is 12.5. The predicted molar refractivity (Wildman–Crippen MR) is 68.3 cm³/mol. The number of benzene rings is 1. The summed E-state index contributed by atoms with van der Waals surface area (Å²) in [7, 11) is 3.36. The van der Waals surface area contributed by atoms with Gasteiger partial charge in [-0.3, -0.25) is 0 Å². The average Bonchev–Trinajstić information content (AvgIpc) is 2.26. The monoisotopic (exact) mass is 236 g/mol. The molecule has 17 heavy (non-hydrogen) atoms. The van der Waals surface area contributed by atoms with E-state index in [9.17, 15) is 4.79 Å². The number of hydrogen-bond donors (Lipinski definition) is 1. The first-order chi connectivity index (χ1) is 7.88. The minimum Gasteiger partial charge on any atom is -0.496 e. The Balaban J connectivity index is 3.15. The molecule has 0 unspecified atom stereocenters. The molecule has 4 nitrogen and oxygen atoms in total. The molecule has 94 valence electrons. The standard InChI is InChI=1S/C13H20N2O2/c1-8-6-11(7-15(4)13(14)16)9(2)10(3)12(8)17-5/h6H,7H2,1-5H3,(H2,14,16). The average molecular weight is 236 g/mol. The van der Waals surface area contributed by atoms with E-state index in [1.807, 2.05) is 26.8 Å². The minimum absolute atomic E-state index is 0.421. The lowest BCUT2D eigenvalue weighted by atomic mass is 9.98. The number of ether oxygens (including phenoxy) is 1. The van der Waals surface area contributed by atoms with Crippen LogP contribution in [0.2, 0.25) is 0 Å². The fourth-order valence-corrected chi connectivity index (χ4v) is 1.95. The molecule has 0 fully saturated rings. The Labute approximate surface area is 102 Å². The van der Waals surface area contributed by atoms with E-state index in [2.05, 4.69) is 0 Å². The topological polar surface area (TPSA) is 55.6 Å². The Morgan fingerprint density at radius 1 is 1.35 bits per heavy atom. The summed E-state index contributed by atoms with van der Waals surface area (Å²) < 4.78 is 5.36. The number of primary amides is 1. The molecule has 2 amide bonds. The maximum Gasteiger partial charge on any atom is 0.314 e. The van der Waals surface area contributed by atoms with Gasteiger partial charge in [-0.05, 0) is 43.0 Å². The first-order valence-corrected chi connectivity index (χ1v) is 5.52. The van der Waals surface area contributed by atoms with Crippen LogP contribution in [0.4, 0.5) is 4.79 Å². The second-order valence-corrected chi connectivity index (χ2v) is 4.33. The lowest BCUT2D eigenvalue weighted by Crippen LogP contribution is -2.31. The van der Waals surface area contributed by atoms with Gasteiger partial charge in [-0.2, -0.15) is 0 Å². The third-order valence-corrected chi connectivity index (χ3v) is 3.12. The molecule has 2 N–H and O–H groups in total. The van der Waals surface area contributed by atoms with E-state index in [1.165, 1.54) is 4.90 Å². The Hall–Kier alpha value is -1.71. The molecular weight excluding hydrogens is 216 g/mol. The van der Waals surface area contributed by atoms with Crippen molar-refractivity contribution >= 4 is 6.03 Å². The van der Waals surface area contributed by atoms with Crippen LogP contribution in [-0.4, -0.2) is 25.1 Å². The van der Waals surface area contributed by atoms with Gasteiger partial charge in [-0.25, -0.2) is 4.79 Å². The zero-order chi connectivity index (χ0) is 13.2. The van der Waals surface area contributed by atoms with E-state index in [0.717, 1.165) is 28.0 Å². The zero-order valence-corrected chi connectivity index (χ0v) is 11.1. The van der Waals surface area contributed by atoms with Crippen molar-refractivity contribution in [2.24, 2.45) is 5.73 Å². The fourth-order valence-electron chi connectivity index (χ4n) is 1.95. The van der Waals surface area contributed by atoms with Gasteiger partial charge in [0.25, 0.3) is 0 Å². The number of amides is 2. The van der Waals surface area contributed by atoms with E-state index in [-0.39, 0.29) is 0 Å². The molecule has 0 bridgehead atoms. The van der Waals surface area contributed by atoms with Crippen molar-refractivity contribution in [2.45, 2.75) is 27.3 Å². The number of aryl methyl sites for hydroxylation is 1. The summed E-state index contributed by atoms with van der Waals surface area (Å²) in [5.74, 6) is 0.910. The Kier molecular flexibility index (Phi) is 3.99. The summed E-state index contributed by atoms with van der Waals surface area (Å²) >= 11 is 0. The maximum absolute atomic E-state index is 11.0. The highest BCUT2D eigenvalue weighted by molar-refractivity contribution is 5.71. The molecule has 0 saturated heterocycles. The van der Waals surface area contributed by atoms with Crippen LogP contribution in [0.25, 0.3) is 0 Å². The molecule has 0 aromatic heterocycles. The number of carbonyl (C=O) groups is 1. The largest absolute Gasteiger partial charge is 0.496 e. The highest BCUT2D eigenvalue weighted by Crippen LogP contribution is 2.28. The van der Waals surface area contributed by atoms with Gasteiger partial charge >= 0.3 is 6.03 Å². The lowest BCUT2D eigenvalue weighted by Gasteiger charge is -2.19. The van der Waals surface area contributed by atoms with Crippen LogP contribution >= 0.6 is 0 Å². The maximum atomic E-state index is 11.0. The van der Waals surface area contributed by atoms with Crippen molar-refractivity contribution in [3.8, 4) is 5.75 Å². The van der Waals surface area contributed by atoms with Crippen LogP contribution in [0.5, 0.6) is 5.75 Å². The van der Waals surface area contributed by atoms with E-state index in [0.29, 0.717) is 6.54 Å². The molecule has 1 rings (SSSR count).